The second-order valence-corrected chi connectivity index (χ2v) is 2.88. The molecule has 1 N–H and O–H groups in total. The molecular formula is C10H9NNa2O5. The number of benzene rings is 1. The molecule has 0 spiro atoms. The number of carbonyl (C=O) groups is 2. The van der Waals surface area contributed by atoms with E-state index in [9.17, 15) is 19.8 Å². The summed E-state index contributed by atoms with van der Waals surface area (Å²) in [6.45, 7) is -0.976. The van der Waals surface area contributed by atoms with E-state index < -0.39 is 18.5 Å². The molecule has 8 heteroatoms. The van der Waals surface area contributed by atoms with Crippen LogP contribution in [0.2, 0.25) is 0 Å². The van der Waals surface area contributed by atoms with Crippen LogP contribution in [0.25, 0.3) is 0 Å². The summed E-state index contributed by atoms with van der Waals surface area (Å²) in [4.78, 5) is 20.4. The van der Waals surface area contributed by atoms with E-state index in [0.717, 1.165) is 0 Å². The SMILES string of the molecule is O=C([O-])CNc1ccccc1OCC(=O)[O-].[Na+].[Na+]. The molecule has 0 aliphatic heterocycles. The molecule has 1 aromatic carbocycles. The molecule has 1 rings (SSSR count). The van der Waals surface area contributed by atoms with Crippen LogP contribution in [0.4, 0.5) is 5.69 Å². The minimum atomic E-state index is -1.35. The number of rotatable bonds is 6. The van der Waals surface area contributed by atoms with Gasteiger partial charge in [0.15, 0.2) is 0 Å². The average Bonchev–Trinajstić information content (AvgIpc) is 2.24. The second-order valence-electron chi connectivity index (χ2n) is 2.88. The quantitative estimate of drug-likeness (QED) is 0.515. The van der Waals surface area contributed by atoms with Gasteiger partial charge in [0.2, 0.25) is 0 Å². The number of carboxylic acids is 2. The number of nitrogens with one attached hydrogen (secondary N) is 1. The molecule has 0 aliphatic carbocycles. The van der Waals surface area contributed by atoms with E-state index >= 15 is 0 Å². The smallest absolute Gasteiger partial charge is 0.548 e. The molecule has 0 fully saturated rings. The Kier molecular flexibility index (Phi) is 11.9. The largest absolute Gasteiger partial charge is 1.00 e. The molecule has 0 saturated heterocycles. The van der Waals surface area contributed by atoms with Gasteiger partial charge in [0, 0.05) is 0 Å². The van der Waals surface area contributed by atoms with Crippen LogP contribution >= 0.6 is 0 Å². The first-order chi connectivity index (χ1) is 7.59. The van der Waals surface area contributed by atoms with Crippen molar-refractivity contribution in [1.82, 2.24) is 0 Å². The van der Waals surface area contributed by atoms with Crippen molar-refractivity contribution in [3.63, 3.8) is 0 Å². The summed E-state index contributed by atoms with van der Waals surface area (Å²) in [7, 11) is 0. The monoisotopic (exact) mass is 269 g/mol. The maximum absolute atomic E-state index is 10.2. The van der Waals surface area contributed by atoms with E-state index in [-0.39, 0.29) is 71.4 Å². The van der Waals surface area contributed by atoms with Crippen LogP contribution in [0.15, 0.2) is 24.3 Å². The zero-order chi connectivity index (χ0) is 12.0. The summed E-state index contributed by atoms with van der Waals surface area (Å²) in [6.07, 6.45) is 0. The Balaban J connectivity index is 0. The molecule has 0 heterocycles. The first-order valence-corrected chi connectivity index (χ1v) is 4.45. The summed E-state index contributed by atoms with van der Waals surface area (Å²) in [6, 6.07) is 6.37. The zero-order valence-corrected chi connectivity index (χ0v) is 14.3. The molecule has 0 radical (unpaired) electrons. The number of carboxylic acid groups (broad SMARTS) is 2. The number of para-hydroxylation sites is 2. The van der Waals surface area contributed by atoms with Crippen molar-refractivity contribution in [3.8, 4) is 5.75 Å². The van der Waals surface area contributed by atoms with E-state index in [4.69, 9.17) is 4.74 Å². The van der Waals surface area contributed by atoms with Crippen LogP contribution in [0.1, 0.15) is 0 Å². The third kappa shape index (κ3) is 7.97. The summed E-state index contributed by atoms with van der Waals surface area (Å²) >= 11 is 0. The molecule has 0 bridgehead atoms. The van der Waals surface area contributed by atoms with Crippen molar-refractivity contribution in [2.24, 2.45) is 0 Å². The standard InChI is InChI=1S/C10H11NO5.2Na/c12-9(13)5-11-7-3-1-2-4-8(7)16-6-10(14)15;;/h1-4,11H,5-6H2,(H,12,13)(H,14,15);;/q;2*+1/p-2. The van der Waals surface area contributed by atoms with E-state index in [1.54, 1.807) is 18.2 Å². The normalized spacial score (nSPS) is 8.44. The van der Waals surface area contributed by atoms with Crippen LogP contribution in [-0.4, -0.2) is 25.1 Å². The zero-order valence-electron chi connectivity index (χ0n) is 10.3. The molecule has 18 heavy (non-hydrogen) atoms. The van der Waals surface area contributed by atoms with E-state index in [2.05, 4.69) is 5.32 Å². The van der Waals surface area contributed by atoms with Crippen molar-refractivity contribution < 1.29 is 83.7 Å². The predicted molar refractivity (Wildman–Crippen MR) is 50.4 cm³/mol. The van der Waals surface area contributed by atoms with Crippen LogP contribution in [-0.2, 0) is 9.59 Å². The molecular weight excluding hydrogens is 260 g/mol. The number of aliphatic carboxylic acids is 2. The van der Waals surface area contributed by atoms with Gasteiger partial charge in [0.1, 0.15) is 12.4 Å². The van der Waals surface area contributed by atoms with Gasteiger partial charge in [-0.3, -0.25) is 0 Å². The van der Waals surface area contributed by atoms with E-state index in [1.807, 2.05) is 0 Å². The average molecular weight is 269 g/mol. The topological polar surface area (TPSA) is 102 Å². The Bertz CT molecular complexity index is 363. The van der Waals surface area contributed by atoms with Gasteiger partial charge in [-0.05, 0) is 12.1 Å². The Hall–Kier alpha value is -0.240. The number of anilines is 1. The van der Waals surface area contributed by atoms with Gasteiger partial charge in [-0.2, -0.15) is 0 Å². The first kappa shape index (κ1) is 20.1. The minimum absolute atomic E-state index is 0. The van der Waals surface area contributed by atoms with Gasteiger partial charge in [-0.1, -0.05) is 12.1 Å². The number of hydrogen-bond acceptors (Lipinski definition) is 6. The van der Waals surface area contributed by atoms with E-state index in [0.29, 0.717) is 5.69 Å². The van der Waals surface area contributed by atoms with Crippen molar-refractivity contribution in [2.45, 2.75) is 0 Å². The predicted octanol–water partition coefficient (Wildman–Crippen LogP) is -8.01. The first-order valence-electron chi connectivity index (χ1n) is 4.45. The van der Waals surface area contributed by atoms with Crippen LogP contribution in [0, 0.1) is 0 Å². The Morgan fingerprint density at radius 2 is 1.72 bits per heavy atom. The molecule has 6 nitrogen and oxygen atoms in total. The molecule has 86 valence electrons. The van der Waals surface area contributed by atoms with Crippen molar-refractivity contribution in [2.75, 3.05) is 18.5 Å². The molecule has 0 unspecified atom stereocenters. The fourth-order valence-corrected chi connectivity index (χ4v) is 1.04. The van der Waals surface area contributed by atoms with E-state index in [1.165, 1.54) is 6.07 Å². The van der Waals surface area contributed by atoms with Gasteiger partial charge < -0.3 is 29.9 Å². The molecule has 0 aliphatic rings. The van der Waals surface area contributed by atoms with Gasteiger partial charge in [-0.25, -0.2) is 0 Å². The third-order valence-electron chi connectivity index (χ3n) is 1.66. The third-order valence-corrected chi connectivity index (χ3v) is 1.66. The van der Waals surface area contributed by atoms with Gasteiger partial charge in [-0.15, -0.1) is 0 Å². The second kappa shape index (κ2) is 10.7. The summed E-state index contributed by atoms with van der Waals surface area (Å²) in [5.74, 6) is -2.38. The molecule has 0 saturated carbocycles. The van der Waals surface area contributed by atoms with Gasteiger partial charge in [0.25, 0.3) is 0 Å². The Morgan fingerprint density at radius 1 is 1.11 bits per heavy atom. The summed E-state index contributed by atoms with van der Waals surface area (Å²) in [5.41, 5.74) is 0.382. The van der Waals surface area contributed by atoms with Crippen LogP contribution in [0.3, 0.4) is 0 Å². The maximum atomic E-state index is 10.2. The maximum Gasteiger partial charge on any atom is 1.00 e. The van der Waals surface area contributed by atoms with Crippen molar-refractivity contribution in [1.29, 1.82) is 0 Å². The number of carbonyl (C=O) groups excluding carboxylic acids is 2. The van der Waals surface area contributed by atoms with Crippen LogP contribution < -0.4 is 79.4 Å². The Morgan fingerprint density at radius 3 is 2.28 bits per heavy atom. The van der Waals surface area contributed by atoms with Gasteiger partial charge in [0.05, 0.1) is 24.2 Å². The fraction of sp³-hybridized carbons (Fsp3) is 0.200. The van der Waals surface area contributed by atoms with Gasteiger partial charge >= 0.3 is 59.1 Å². The number of hydrogen-bond donors (Lipinski definition) is 1. The number of ether oxygens (including phenoxy) is 1. The fourth-order valence-electron chi connectivity index (χ4n) is 1.04. The molecule has 0 atom stereocenters. The molecule has 1 aromatic rings. The minimum Gasteiger partial charge on any atom is -0.548 e. The summed E-state index contributed by atoms with van der Waals surface area (Å²) in [5, 5.41) is 23.0. The van der Waals surface area contributed by atoms with Crippen LogP contribution in [0.5, 0.6) is 5.75 Å². The Labute approximate surface area is 148 Å². The molecule has 0 amide bonds. The van der Waals surface area contributed by atoms with Crippen molar-refractivity contribution >= 4 is 17.6 Å². The molecule has 0 aromatic heterocycles. The summed E-state index contributed by atoms with van der Waals surface area (Å²) < 4.78 is 4.89. The van der Waals surface area contributed by atoms with Crippen molar-refractivity contribution in [3.05, 3.63) is 24.3 Å².